The number of fused-ring (bicyclic) bond motifs is 5. The smallest absolute Gasteiger partial charge is 0.264 e. The minimum absolute atomic E-state index is 0.140. The molecule has 0 radical (unpaired) electrons. The molecule has 1 N–H and O–H groups in total. The van der Waals surface area contributed by atoms with Gasteiger partial charge in [0.05, 0.1) is 28.1 Å². The molecule has 2 bridgehead atoms. The first-order valence-corrected chi connectivity index (χ1v) is 10.8. The van der Waals surface area contributed by atoms with Crippen LogP contribution in [0, 0.1) is 17.0 Å². The largest absolute Gasteiger partial charge is 0.268 e. The molecule has 0 amide bonds. The number of aromatic nitrogens is 6. The highest BCUT2D eigenvalue weighted by atomic mass is 19.1. The average molecular weight is 446 g/mol. The number of rotatable bonds is 3. The summed E-state index contributed by atoms with van der Waals surface area (Å²) in [7, 11) is 0. The standard InChI is InChI=1S/C24H20F2N6O/c1-23(2)14-6-9-24(23,18-7-10-27-22(28-18)32-11-8-19(33)31-32)21-13(14)12-17(29-30-21)20-15(25)4-3-5-16(20)26/h3-5,7-8,10-12,14H,6,9H2,1-2H3,(H,31,33)/t14-,24+/m0/s1. The zero-order valence-corrected chi connectivity index (χ0v) is 18.0. The van der Waals surface area contributed by atoms with Crippen LogP contribution < -0.4 is 5.56 Å². The van der Waals surface area contributed by atoms with E-state index in [0.29, 0.717) is 5.95 Å². The van der Waals surface area contributed by atoms with Gasteiger partial charge in [-0.3, -0.25) is 9.89 Å². The highest BCUT2D eigenvalue weighted by molar-refractivity contribution is 5.64. The zero-order chi connectivity index (χ0) is 23.0. The van der Waals surface area contributed by atoms with E-state index in [1.54, 1.807) is 18.5 Å². The van der Waals surface area contributed by atoms with E-state index in [9.17, 15) is 13.6 Å². The van der Waals surface area contributed by atoms with Crippen molar-refractivity contribution in [3.8, 4) is 17.2 Å². The van der Waals surface area contributed by atoms with Crippen molar-refractivity contribution >= 4 is 0 Å². The summed E-state index contributed by atoms with van der Waals surface area (Å²) in [5.41, 5.74) is 1.52. The molecule has 9 heteroatoms. The Balaban J connectivity index is 1.53. The highest BCUT2D eigenvalue weighted by Crippen LogP contribution is 2.69. The van der Waals surface area contributed by atoms with Gasteiger partial charge in [-0.25, -0.2) is 23.4 Å². The van der Waals surface area contributed by atoms with Crippen LogP contribution in [-0.4, -0.2) is 29.9 Å². The Bertz CT molecular complexity index is 1460. The molecule has 0 unspecified atom stereocenters. The molecule has 0 aliphatic heterocycles. The molecule has 33 heavy (non-hydrogen) atoms. The third-order valence-electron chi connectivity index (χ3n) is 7.50. The summed E-state index contributed by atoms with van der Waals surface area (Å²) in [5.74, 6) is -0.832. The Morgan fingerprint density at radius 3 is 2.64 bits per heavy atom. The highest BCUT2D eigenvalue weighted by Gasteiger charge is 2.65. The quantitative estimate of drug-likeness (QED) is 0.516. The SMILES string of the molecule is CC1(C)[C@H]2CC[C@@]1(c1ccnc(-n3ccc(=O)[nH]3)n1)c1nnc(-c3c(F)cccc3F)cc12. The van der Waals surface area contributed by atoms with Crippen LogP contribution in [0.2, 0.25) is 0 Å². The Morgan fingerprint density at radius 1 is 1.12 bits per heavy atom. The Kier molecular flexibility index (Phi) is 4.00. The van der Waals surface area contributed by atoms with Crippen molar-refractivity contribution in [2.75, 3.05) is 0 Å². The molecule has 3 heterocycles. The summed E-state index contributed by atoms with van der Waals surface area (Å²) in [6.45, 7) is 4.35. The number of nitrogens with zero attached hydrogens (tertiary/aromatic N) is 5. The normalized spacial score (nSPS) is 22.5. The van der Waals surface area contributed by atoms with Gasteiger partial charge in [0.25, 0.3) is 5.56 Å². The van der Waals surface area contributed by atoms with Gasteiger partial charge in [-0.05, 0) is 54.0 Å². The van der Waals surface area contributed by atoms with E-state index in [2.05, 4.69) is 34.1 Å². The van der Waals surface area contributed by atoms with Crippen molar-refractivity contribution < 1.29 is 8.78 Å². The molecule has 1 aromatic carbocycles. The van der Waals surface area contributed by atoms with Crippen molar-refractivity contribution in [3.05, 3.63) is 87.7 Å². The first-order chi connectivity index (χ1) is 15.8. The molecule has 3 aromatic heterocycles. The van der Waals surface area contributed by atoms with Crippen LogP contribution in [0.1, 0.15) is 49.6 Å². The second kappa shape index (κ2) is 6.63. The molecule has 2 atom stereocenters. The van der Waals surface area contributed by atoms with E-state index < -0.39 is 17.0 Å². The van der Waals surface area contributed by atoms with Crippen molar-refractivity contribution in [2.45, 2.75) is 38.0 Å². The number of halogens is 2. The molecule has 0 saturated heterocycles. The van der Waals surface area contributed by atoms with Gasteiger partial charge in [-0.1, -0.05) is 19.9 Å². The maximum Gasteiger partial charge on any atom is 0.264 e. The Hall–Kier alpha value is -3.75. The van der Waals surface area contributed by atoms with E-state index >= 15 is 0 Å². The third kappa shape index (κ3) is 2.56. The molecule has 2 aliphatic rings. The van der Waals surface area contributed by atoms with Gasteiger partial charge in [0, 0.05) is 18.5 Å². The Labute approximate surface area is 187 Å². The van der Waals surface area contributed by atoms with E-state index in [1.807, 2.05) is 6.07 Å². The van der Waals surface area contributed by atoms with Crippen LogP contribution in [-0.2, 0) is 5.41 Å². The van der Waals surface area contributed by atoms with Crippen LogP contribution in [0.25, 0.3) is 17.2 Å². The fraction of sp³-hybridized carbons (Fsp3) is 0.292. The van der Waals surface area contributed by atoms with Crippen LogP contribution in [0.5, 0.6) is 0 Å². The van der Waals surface area contributed by atoms with Gasteiger partial charge in [-0.2, -0.15) is 5.10 Å². The summed E-state index contributed by atoms with van der Waals surface area (Å²) in [5, 5.41) is 11.5. The van der Waals surface area contributed by atoms with Gasteiger partial charge >= 0.3 is 0 Å². The number of aromatic amines is 1. The summed E-state index contributed by atoms with van der Waals surface area (Å²) in [4.78, 5) is 20.7. The maximum atomic E-state index is 14.4. The van der Waals surface area contributed by atoms with Gasteiger partial charge in [0.15, 0.2) is 0 Å². The van der Waals surface area contributed by atoms with Crippen LogP contribution in [0.4, 0.5) is 8.78 Å². The van der Waals surface area contributed by atoms with Crippen LogP contribution in [0.15, 0.2) is 53.6 Å². The Morgan fingerprint density at radius 2 is 1.91 bits per heavy atom. The molecular formula is C24H20F2N6O. The number of hydrogen-bond acceptors (Lipinski definition) is 5. The number of H-pyrrole nitrogens is 1. The summed E-state index contributed by atoms with van der Waals surface area (Å²) < 4.78 is 30.3. The second-order valence-corrected chi connectivity index (χ2v) is 9.25. The molecule has 1 saturated carbocycles. The van der Waals surface area contributed by atoms with Crippen molar-refractivity contribution in [3.63, 3.8) is 0 Å². The van der Waals surface area contributed by atoms with Gasteiger partial charge in [0.2, 0.25) is 5.95 Å². The van der Waals surface area contributed by atoms with Gasteiger partial charge in [0.1, 0.15) is 11.6 Å². The van der Waals surface area contributed by atoms with Gasteiger partial charge < -0.3 is 0 Å². The molecule has 0 spiro atoms. The lowest BCUT2D eigenvalue weighted by molar-refractivity contribution is 0.242. The average Bonchev–Trinajstić information content (AvgIpc) is 3.40. The second-order valence-electron chi connectivity index (χ2n) is 9.25. The topological polar surface area (TPSA) is 89.4 Å². The fourth-order valence-electron chi connectivity index (χ4n) is 5.91. The van der Waals surface area contributed by atoms with E-state index in [4.69, 9.17) is 4.98 Å². The number of nitrogens with one attached hydrogen (secondary N) is 1. The van der Waals surface area contributed by atoms with E-state index in [0.717, 1.165) is 29.8 Å². The minimum Gasteiger partial charge on any atom is -0.268 e. The number of benzene rings is 1. The predicted molar refractivity (Wildman–Crippen MR) is 116 cm³/mol. The lowest BCUT2D eigenvalue weighted by atomic mass is 9.66. The van der Waals surface area contributed by atoms with Gasteiger partial charge in [-0.15, -0.1) is 5.10 Å². The fourth-order valence-corrected chi connectivity index (χ4v) is 5.91. The van der Waals surface area contributed by atoms with Crippen LogP contribution >= 0.6 is 0 Å². The lowest BCUT2D eigenvalue weighted by Gasteiger charge is -2.37. The zero-order valence-electron chi connectivity index (χ0n) is 18.0. The van der Waals surface area contributed by atoms with E-state index in [1.165, 1.54) is 28.9 Å². The summed E-state index contributed by atoms with van der Waals surface area (Å²) in [6, 6.07) is 8.83. The molecular weight excluding hydrogens is 426 g/mol. The molecule has 1 fully saturated rings. The monoisotopic (exact) mass is 446 g/mol. The summed E-state index contributed by atoms with van der Waals surface area (Å²) in [6.07, 6.45) is 4.96. The maximum absolute atomic E-state index is 14.4. The van der Waals surface area contributed by atoms with Crippen molar-refractivity contribution in [1.29, 1.82) is 0 Å². The number of hydrogen-bond donors (Lipinski definition) is 1. The molecule has 4 aromatic rings. The molecule has 2 aliphatic carbocycles. The third-order valence-corrected chi connectivity index (χ3v) is 7.50. The minimum atomic E-state index is -0.664. The molecule has 166 valence electrons. The summed E-state index contributed by atoms with van der Waals surface area (Å²) >= 11 is 0. The first kappa shape index (κ1) is 19.9. The predicted octanol–water partition coefficient (Wildman–Crippen LogP) is 3.89. The molecule has 7 nitrogen and oxygen atoms in total. The van der Waals surface area contributed by atoms with Crippen molar-refractivity contribution in [1.82, 2.24) is 29.9 Å². The van der Waals surface area contributed by atoms with E-state index in [-0.39, 0.29) is 28.1 Å². The first-order valence-electron chi connectivity index (χ1n) is 10.8. The van der Waals surface area contributed by atoms with Crippen molar-refractivity contribution in [2.24, 2.45) is 5.41 Å². The lowest BCUT2D eigenvalue weighted by Crippen LogP contribution is -2.38. The van der Waals surface area contributed by atoms with Crippen LogP contribution in [0.3, 0.4) is 0 Å². The molecule has 6 rings (SSSR count).